The molecule has 1 unspecified atom stereocenters. The van der Waals surface area contributed by atoms with Gasteiger partial charge in [-0.25, -0.2) is 0 Å². The molecule has 0 bridgehead atoms. The van der Waals surface area contributed by atoms with Crippen molar-refractivity contribution in [2.24, 2.45) is 5.92 Å². The number of anilines is 1. The summed E-state index contributed by atoms with van der Waals surface area (Å²) in [5.41, 5.74) is 2.39. The van der Waals surface area contributed by atoms with Gasteiger partial charge in [0.1, 0.15) is 6.04 Å². The Hall–Kier alpha value is -1.51. The number of likely N-dealkylation sites (N-methyl/N-ethyl adjacent to an activating group) is 1. The number of hydrogen-bond acceptors (Lipinski definition) is 2. The summed E-state index contributed by atoms with van der Waals surface area (Å²) in [4.78, 5) is 14.7. The first kappa shape index (κ1) is 14.4. The van der Waals surface area contributed by atoms with E-state index in [9.17, 15) is 4.79 Å². The molecule has 3 rings (SSSR count). The maximum absolute atomic E-state index is 12.7. The number of para-hydroxylation sites is 1. The monoisotopic (exact) mass is 286 g/mol. The van der Waals surface area contributed by atoms with Gasteiger partial charge in [-0.15, -0.1) is 0 Å². The van der Waals surface area contributed by atoms with Crippen LogP contribution in [-0.4, -0.2) is 29.9 Å². The van der Waals surface area contributed by atoms with Crippen LogP contribution >= 0.6 is 0 Å². The van der Waals surface area contributed by atoms with Crippen LogP contribution in [0.25, 0.3) is 0 Å². The Labute approximate surface area is 127 Å². The van der Waals surface area contributed by atoms with Gasteiger partial charge in [-0.2, -0.15) is 0 Å². The smallest absolute Gasteiger partial charge is 0.245 e. The molecule has 1 amide bonds. The summed E-state index contributed by atoms with van der Waals surface area (Å²) in [5.74, 6) is 1.13. The first-order valence-corrected chi connectivity index (χ1v) is 8.30. The summed E-state index contributed by atoms with van der Waals surface area (Å²) in [5, 5.41) is 3.38. The van der Waals surface area contributed by atoms with Crippen LogP contribution in [0.5, 0.6) is 0 Å². The highest BCUT2D eigenvalue weighted by molar-refractivity contribution is 5.87. The molecule has 0 aromatic heterocycles. The van der Waals surface area contributed by atoms with Crippen LogP contribution < -0.4 is 5.32 Å². The molecule has 114 valence electrons. The van der Waals surface area contributed by atoms with E-state index in [2.05, 4.69) is 24.4 Å². The van der Waals surface area contributed by atoms with Crippen molar-refractivity contribution in [2.75, 3.05) is 12.4 Å². The van der Waals surface area contributed by atoms with E-state index in [1.807, 2.05) is 24.1 Å². The highest BCUT2D eigenvalue weighted by Crippen LogP contribution is 2.31. The molecule has 1 aromatic rings. The van der Waals surface area contributed by atoms with Crippen LogP contribution in [0, 0.1) is 5.92 Å². The van der Waals surface area contributed by atoms with Crippen molar-refractivity contribution in [3.8, 4) is 0 Å². The van der Waals surface area contributed by atoms with Gasteiger partial charge >= 0.3 is 0 Å². The number of rotatable bonds is 3. The Morgan fingerprint density at radius 1 is 1.24 bits per heavy atom. The molecule has 3 nitrogen and oxygen atoms in total. The van der Waals surface area contributed by atoms with Gasteiger partial charge in [0, 0.05) is 25.2 Å². The predicted octanol–water partition coefficient (Wildman–Crippen LogP) is 3.45. The number of fused-ring (bicyclic) bond motifs is 1. The lowest BCUT2D eigenvalue weighted by Crippen LogP contribution is -2.46. The lowest BCUT2D eigenvalue weighted by atomic mass is 9.84. The zero-order valence-electron chi connectivity index (χ0n) is 13.1. The van der Waals surface area contributed by atoms with Crippen molar-refractivity contribution in [2.45, 2.75) is 57.5 Å². The highest BCUT2D eigenvalue weighted by Gasteiger charge is 2.32. The quantitative estimate of drug-likeness (QED) is 0.923. The van der Waals surface area contributed by atoms with E-state index in [4.69, 9.17) is 0 Å². The Bertz CT molecular complexity index is 481. The fourth-order valence-corrected chi connectivity index (χ4v) is 3.81. The standard InChI is InChI=1S/C18H26N2O/c1-3-13-8-10-15(11-9-13)20(2)18(21)17-12-14-6-4-5-7-16(14)19-17/h4-7,13,15,17,19H,3,8-12H2,1-2H3. The second-order valence-electron chi connectivity index (χ2n) is 6.59. The predicted molar refractivity (Wildman–Crippen MR) is 86.4 cm³/mol. The van der Waals surface area contributed by atoms with E-state index in [0.29, 0.717) is 6.04 Å². The number of carbonyl (C=O) groups excluding carboxylic acids is 1. The molecule has 21 heavy (non-hydrogen) atoms. The molecule has 0 radical (unpaired) electrons. The second kappa shape index (κ2) is 6.08. The van der Waals surface area contributed by atoms with Crippen molar-refractivity contribution in [3.05, 3.63) is 29.8 Å². The van der Waals surface area contributed by atoms with Crippen molar-refractivity contribution in [1.29, 1.82) is 0 Å². The largest absolute Gasteiger partial charge is 0.373 e. The van der Waals surface area contributed by atoms with Crippen molar-refractivity contribution in [1.82, 2.24) is 4.90 Å². The summed E-state index contributed by atoms with van der Waals surface area (Å²) in [7, 11) is 1.99. The van der Waals surface area contributed by atoms with Crippen LogP contribution in [-0.2, 0) is 11.2 Å². The molecule has 3 heteroatoms. The van der Waals surface area contributed by atoms with Gasteiger partial charge in [-0.1, -0.05) is 31.5 Å². The average molecular weight is 286 g/mol. The molecule has 0 spiro atoms. The number of benzene rings is 1. The van der Waals surface area contributed by atoms with Crippen LogP contribution in [0.2, 0.25) is 0 Å². The van der Waals surface area contributed by atoms with Crippen molar-refractivity contribution >= 4 is 11.6 Å². The van der Waals surface area contributed by atoms with Crippen LogP contribution in [0.3, 0.4) is 0 Å². The number of nitrogens with zero attached hydrogens (tertiary/aromatic N) is 1. The molecule has 1 aliphatic heterocycles. The lowest BCUT2D eigenvalue weighted by molar-refractivity contribution is -0.133. The van der Waals surface area contributed by atoms with E-state index in [1.165, 1.54) is 37.7 Å². The van der Waals surface area contributed by atoms with Crippen LogP contribution in [0.4, 0.5) is 5.69 Å². The third-order valence-corrected chi connectivity index (χ3v) is 5.36. The van der Waals surface area contributed by atoms with Gasteiger partial charge < -0.3 is 10.2 Å². The molecule has 1 aromatic carbocycles. The molecule has 1 N–H and O–H groups in total. The number of carbonyl (C=O) groups is 1. The molecule has 0 saturated heterocycles. The molecule has 1 heterocycles. The second-order valence-corrected chi connectivity index (χ2v) is 6.59. The summed E-state index contributed by atoms with van der Waals surface area (Å²) >= 11 is 0. The van der Waals surface area contributed by atoms with E-state index < -0.39 is 0 Å². The van der Waals surface area contributed by atoms with E-state index in [1.54, 1.807) is 0 Å². The van der Waals surface area contributed by atoms with Gasteiger partial charge in [-0.05, 0) is 43.2 Å². The average Bonchev–Trinajstić information content (AvgIpc) is 2.97. The van der Waals surface area contributed by atoms with Crippen molar-refractivity contribution < 1.29 is 4.79 Å². The Kier molecular flexibility index (Phi) is 4.18. The van der Waals surface area contributed by atoms with E-state index >= 15 is 0 Å². The number of amides is 1. The van der Waals surface area contributed by atoms with Crippen LogP contribution in [0.1, 0.15) is 44.6 Å². The zero-order chi connectivity index (χ0) is 14.8. The zero-order valence-corrected chi connectivity index (χ0v) is 13.1. The maximum Gasteiger partial charge on any atom is 0.245 e. The summed E-state index contributed by atoms with van der Waals surface area (Å²) < 4.78 is 0. The number of nitrogens with one attached hydrogen (secondary N) is 1. The number of hydrogen-bond donors (Lipinski definition) is 1. The summed E-state index contributed by atoms with van der Waals surface area (Å²) in [6.07, 6.45) is 6.99. The van der Waals surface area contributed by atoms with Gasteiger partial charge in [-0.3, -0.25) is 4.79 Å². The first-order chi connectivity index (χ1) is 10.2. The third-order valence-electron chi connectivity index (χ3n) is 5.36. The molecule has 1 fully saturated rings. The fraction of sp³-hybridized carbons (Fsp3) is 0.611. The van der Waals surface area contributed by atoms with E-state index in [0.717, 1.165) is 18.0 Å². The van der Waals surface area contributed by atoms with Gasteiger partial charge in [0.15, 0.2) is 0 Å². The molecular formula is C18H26N2O. The van der Waals surface area contributed by atoms with Crippen LogP contribution in [0.15, 0.2) is 24.3 Å². The fourth-order valence-electron chi connectivity index (χ4n) is 3.81. The first-order valence-electron chi connectivity index (χ1n) is 8.30. The topological polar surface area (TPSA) is 32.3 Å². The molecule has 1 saturated carbocycles. The Morgan fingerprint density at radius 2 is 1.95 bits per heavy atom. The molecular weight excluding hydrogens is 260 g/mol. The normalized spacial score (nSPS) is 27.8. The molecule has 2 aliphatic rings. The van der Waals surface area contributed by atoms with Gasteiger partial charge in [0.05, 0.1) is 0 Å². The highest BCUT2D eigenvalue weighted by atomic mass is 16.2. The minimum absolute atomic E-state index is 0.0729. The molecule has 1 aliphatic carbocycles. The van der Waals surface area contributed by atoms with E-state index in [-0.39, 0.29) is 11.9 Å². The third kappa shape index (κ3) is 2.92. The minimum Gasteiger partial charge on any atom is -0.373 e. The van der Waals surface area contributed by atoms with Gasteiger partial charge in [0.2, 0.25) is 5.91 Å². The minimum atomic E-state index is -0.0729. The Morgan fingerprint density at radius 3 is 2.62 bits per heavy atom. The SMILES string of the molecule is CCC1CCC(N(C)C(=O)C2Cc3ccccc3N2)CC1. The van der Waals surface area contributed by atoms with Gasteiger partial charge in [0.25, 0.3) is 0 Å². The molecule has 1 atom stereocenters. The summed E-state index contributed by atoms with van der Waals surface area (Å²) in [6, 6.07) is 8.61. The lowest BCUT2D eigenvalue weighted by Gasteiger charge is -2.35. The van der Waals surface area contributed by atoms with Crippen molar-refractivity contribution in [3.63, 3.8) is 0 Å². The Balaban J connectivity index is 1.59. The summed E-state index contributed by atoms with van der Waals surface area (Å²) in [6.45, 7) is 2.28. The maximum atomic E-state index is 12.7.